The molecule has 5 N–H and O–H groups in total. The van der Waals surface area contributed by atoms with E-state index in [-0.39, 0.29) is 11.6 Å². The highest BCUT2D eigenvalue weighted by Gasteiger charge is 2.34. The summed E-state index contributed by atoms with van der Waals surface area (Å²) in [6.07, 6.45) is 5.40. The summed E-state index contributed by atoms with van der Waals surface area (Å²) in [5, 5.41) is 10.0. The lowest BCUT2D eigenvalue weighted by atomic mass is 9.91. The Kier molecular flexibility index (Phi) is 5.69. The van der Waals surface area contributed by atoms with Gasteiger partial charge in [0.05, 0.1) is 0 Å². The van der Waals surface area contributed by atoms with E-state index in [4.69, 9.17) is 10.5 Å². The van der Waals surface area contributed by atoms with Gasteiger partial charge < -0.3 is 26.4 Å². The first kappa shape index (κ1) is 17.5. The molecule has 0 aromatic rings. The Balaban J connectivity index is 1.75. The number of hydrogen-bond acceptors (Lipinski definition) is 5. The van der Waals surface area contributed by atoms with E-state index in [1.807, 2.05) is 20.8 Å². The summed E-state index contributed by atoms with van der Waals surface area (Å²) in [7, 11) is 0. The Labute approximate surface area is 133 Å². The zero-order valence-corrected chi connectivity index (χ0v) is 14.2. The highest BCUT2D eigenvalue weighted by Crippen LogP contribution is 2.21. The van der Waals surface area contributed by atoms with Crippen molar-refractivity contribution >= 4 is 6.09 Å². The Morgan fingerprint density at radius 1 is 1.23 bits per heavy atom. The number of carbonyl (C=O) groups is 1. The lowest BCUT2D eigenvalue weighted by molar-refractivity contribution is 0.0524. The van der Waals surface area contributed by atoms with Gasteiger partial charge in [-0.25, -0.2) is 4.79 Å². The molecule has 1 saturated carbocycles. The average Bonchev–Trinajstić information content (AvgIpc) is 2.58. The van der Waals surface area contributed by atoms with Crippen molar-refractivity contribution in [1.82, 2.24) is 16.0 Å². The molecule has 1 aliphatic heterocycles. The largest absolute Gasteiger partial charge is 0.444 e. The molecule has 0 bridgehead atoms. The average molecular weight is 312 g/mol. The number of amides is 1. The highest BCUT2D eigenvalue weighted by atomic mass is 16.6. The molecule has 0 aromatic heterocycles. The minimum Gasteiger partial charge on any atom is -0.444 e. The van der Waals surface area contributed by atoms with Crippen LogP contribution in [0.5, 0.6) is 0 Å². The fourth-order valence-corrected chi connectivity index (χ4v) is 3.26. The molecule has 0 aromatic carbocycles. The molecule has 2 atom stereocenters. The van der Waals surface area contributed by atoms with E-state index < -0.39 is 5.60 Å². The number of hydrogen-bond donors (Lipinski definition) is 4. The van der Waals surface area contributed by atoms with E-state index in [0.717, 1.165) is 19.5 Å². The number of nitrogens with one attached hydrogen (secondary N) is 3. The summed E-state index contributed by atoms with van der Waals surface area (Å²) in [6.45, 7) is 7.69. The van der Waals surface area contributed by atoms with Crippen molar-refractivity contribution in [2.75, 3.05) is 19.6 Å². The molecule has 0 radical (unpaired) electrons. The second kappa shape index (κ2) is 7.15. The molecule has 0 unspecified atom stereocenters. The third kappa shape index (κ3) is 5.41. The Hall–Kier alpha value is -0.850. The number of ether oxygens (including phenoxy) is 1. The molecule has 1 saturated heterocycles. The van der Waals surface area contributed by atoms with Gasteiger partial charge in [0.25, 0.3) is 0 Å². The maximum atomic E-state index is 11.7. The van der Waals surface area contributed by atoms with Crippen LogP contribution in [0.25, 0.3) is 0 Å². The lowest BCUT2D eigenvalue weighted by Crippen LogP contribution is -2.55. The summed E-state index contributed by atoms with van der Waals surface area (Å²) in [5.41, 5.74) is 5.72. The van der Waals surface area contributed by atoms with E-state index in [1.165, 1.54) is 25.7 Å². The molecule has 6 nitrogen and oxygen atoms in total. The zero-order valence-electron chi connectivity index (χ0n) is 14.2. The topological polar surface area (TPSA) is 88.4 Å². The fourth-order valence-electron chi connectivity index (χ4n) is 3.26. The van der Waals surface area contributed by atoms with Gasteiger partial charge >= 0.3 is 6.09 Å². The van der Waals surface area contributed by atoms with Crippen molar-refractivity contribution in [3.8, 4) is 0 Å². The summed E-state index contributed by atoms with van der Waals surface area (Å²) >= 11 is 0. The monoisotopic (exact) mass is 312 g/mol. The SMILES string of the molecule is CC(C)(C)OC(=O)NCCC1(N)CN[C@@H]2CCCC[C@H]2NC1. The van der Waals surface area contributed by atoms with Crippen LogP contribution in [0.2, 0.25) is 0 Å². The third-order valence-corrected chi connectivity index (χ3v) is 4.49. The highest BCUT2D eigenvalue weighted by molar-refractivity contribution is 5.67. The van der Waals surface area contributed by atoms with Crippen LogP contribution >= 0.6 is 0 Å². The Morgan fingerprint density at radius 2 is 1.77 bits per heavy atom. The normalized spacial score (nSPS) is 28.4. The van der Waals surface area contributed by atoms with Crippen LogP contribution < -0.4 is 21.7 Å². The summed E-state index contributed by atoms with van der Waals surface area (Å²) in [6, 6.07) is 1.08. The second-order valence-electron chi connectivity index (χ2n) is 7.80. The third-order valence-electron chi connectivity index (χ3n) is 4.49. The van der Waals surface area contributed by atoms with Gasteiger partial charge in [0.15, 0.2) is 0 Å². The van der Waals surface area contributed by atoms with Crippen molar-refractivity contribution in [2.45, 2.75) is 76.1 Å². The number of fused-ring (bicyclic) bond motifs is 1. The van der Waals surface area contributed by atoms with Crippen molar-refractivity contribution in [3.63, 3.8) is 0 Å². The van der Waals surface area contributed by atoms with Crippen LogP contribution in [0.4, 0.5) is 4.79 Å². The van der Waals surface area contributed by atoms with E-state index in [0.29, 0.717) is 18.6 Å². The van der Waals surface area contributed by atoms with Crippen LogP contribution in [0.3, 0.4) is 0 Å². The van der Waals surface area contributed by atoms with Gasteiger partial charge in [-0.05, 0) is 40.0 Å². The fraction of sp³-hybridized carbons (Fsp3) is 0.938. The first-order valence-electron chi connectivity index (χ1n) is 8.50. The molecule has 2 rings (SSSR count). The summed E-state index contributed by atoms with van der Waals surface area (Å²) in [5.74, 6) is 0. The minimum atomic E-state index is -0.467. The van der Waals surface area contributed by atoms with Crippen molar-refractivity contribution in [2.24, 2.45) is 5.73 Å². The molecule has 6 heteroatoms. The van der Waals surface area contributed by atoms with Crippen molar-refractivity contribution in [1.29, 1.82) is 0 Å². The maximum absolute atomic E-state index is 11.7. The zero-order chi connectivity index (χ0) is 16.2. The molecule has 2 fully saturated rings. The van der Waals surface area contributed by atoms with Gasteiger partial charge in [0, 0.05) is 37.3 Å². The molecular formula is C16H32N4O2. The molecule has 128 valence electrons. The molecular weight excluding hydrogens is 280 g/mol. The van der Waals surface area contributed by atoms with Crippen LogP contribution in [0.15, 0.2) is 0 Å². The van der Waals surface area contributed by atoms with Crippen LogP contribution in [-0.4, -0.2) is 49.0 Å². The Morgan fingerprint density at radius 3 is 2.27 bits per heavy atom. The number of alkyl carbamates (subject to hydrolysis) is 1. The molecule has 1 aliphatic carbocycles. The molecule has 1 amide bonds. The number of nitrogens with two attached hydrogens (primary N) is 1. The van der Waals surface area contributed by atoms with Gasteiger partial charge in [-0.3, -0.25) is 0 Å². The van der Waals surface area contributed by atoms with E-state index in [1.54, 1.807) is 0 Å². The molecule has 0 spiro atoms. The van der Waals surface area contributed by atoms with Crippen LogP contribution in [0.1, 0.15) is 52.9 Å². The first-order valence-corrected chi connectivity index (χ1v) is 8.50. The van der Waals surface area contributed by atoms with Gasteiger partial charge in [0.1, 0.15) is 5.60 Å². The van der Waals surface area contributed by atoms with Crippen molar-refractivity contribution in [3.05, 3.63) is 0 Å². The smallest absolute Gasteiger partial charge is 0.407 e. The van der Waals surface area contributed by atoms with E-state index in [2.05, 4.69) is 16.0 Å². The minimum absolute atomic E-state index is 0.327. The quantitative estimate of drug-likeness (QED) is 0.627. The van der Waals surface area contributed by atoms with Gasteiger partial charge in [-0.2, -0.15) is 0 Å². The van der Waals surface area contributed by atoms with Crippen LogP contribution in [0, 0.1) is 0 Å². The van der Waals surface area contributed by atoms with Crippen LogP contribution in [-0.2, 0) is 4.74 Å². The number of carbonyl (C=O) groups excluding carboxylic acids is 1. The van der Waals surface area contributed by atoms with E-state index >= 15 is 0 Å². The second-order valence-corrected chi connectivity index (χ2v) is 7.80. The standard InChI is InChI=1S/C16H32N4O2/c1-15(2,3)22-14(21)18-9-8-16(17)10-19-12-6-4-5-7-13(12)20-11-16/h12-13,19-20H,4-11,17H2,1-3H3,(H,18,21)/t12-,13-/m1/s1. The van der Waals surface area contributed by atoms with Gasteiger partial charge in [-0.1, -0.05) is 12.8 Å². The maximum Gasteiger partial charge on any atom is 0.407 e. The predicted molar refractivity (Wildman–Crippen MR) is 87.8 cm³/mol. The Bertz CT molecular complexity index is 365. The van der Waals surface area contributed by atoms with Gasteiger partial charge in [-0.15, -0.1) is 0 Å². The number of rotatable bonds is 3. The van der Waals surface area contributed by atoms with Gasteiger partial charge in [0.2, 0.25) is 0 Å². The lowest BCUT2D eigenvalue weighted by Gasteiger charge is -2.30. The van der Waals surface area contributed by atoms with E-state index in [9.17, 15) is 4.79 Å². The first-order chi connectivity index (χ1) is 10.3. The molecule has 1 heterocycles. The molecule has 22 heavy (non-hydrogen) atoms. The summed E-state index contributed by atoms with van der Waals surface area (Å²) in [4.78, 5) is 11.7. The van der Waals surface area contributed by atoms with Crippen molar-refractivity contribution < 1.29 is 9.53 Å². The summed E-state index contributed by atoms with van der Waals surface area (Å²) < 4.78 is 5.24. The molecule has 2 aliphatic rings. The predicted octanol–water partition coefficient (Wildman–Crippen LogP) is 1.10.